The molecule has 112 valence electrons. The number of epoxide rings is 2. The lowest BCUT2D eigenvalue weighted by atomic mass is 10.1. The molecule has 0 bridgehead atoms. The maximum atomic E-state index is 6.28. The van der Waals surface area contributed by atoms with Gasteiger partial charge >= 0.3 is 0 Å². The topological polar surface area (TPSA) is 43.5 Å². The molecule has 0 aliphatic carbocycles. The van der Waals surface area contributed by atoms with Crippen LogP contribution in [0.2, 0.25) is 0 Å². The van der Waals surface area contributed by atoms with Crippen molar-refractivity contribution in [2.75, 3.05) is 33.0 Å². The molecule has 0 N–H and O–H groups in total. The fourth-order valence-corrected chi connectivity index (χ4v) is 2.26. The molecule has 0 spiro atoms. The smallest absolute Gasteiger partial charge is 0.0831 e. The highest BCUT2D eigenvalue weighted by molar-refractivity contribution is 6.20. The Morgan fingerprint density at radius 2 is 1.79 bits per heavy atom. The summed E-state index contributed by atoms with van der Waals surface area (Å²) in [6.07, 6.45) is 4.94. The van der Waals surface area contributed by atoms with Gasteiger partial charge in [0.1, 0.15) is 0 Å². The van der Waals surface area contributed by atoms with Crippen molar-refractivity contribution in [3.8, 4) is 0 Å². The molecule has 19 heavy (non-hydrogen) atoms. The van der Waals surface area contributed by atoms with Crippen LogP contribution < -0.4 is 0 Å². The van der Waals surface area contributed by atoms with E-state index in [-0.39, 0.29) is 11.5 Å². The molecule has 2 heterocycles. The average molecular weight is 293 g/mol. The maximum Gasteiger partial charge on any atom is 0.0831 e. The fraction of sp³-hybridized carbons (Fsp3) is 1.00. The van der Waals surface area contributed by atoms with Crippen molar-refractivity contribution in [3.63, 3.8) is 0 Å². The lowest BCUT2D eigenvalue weighted by molar-refractivity contribution is 0.0322. The van der Waals surface area contributed by atoms with E-state index in [0.717, 1.165) is 52.1 Å². The first-order chi connectivity index (χ1) is 9.28. The third-order valence-corrected chi connectivity index (χ3v) is 3.76. The van der Waals surface area contributed by atoms with Crippen LogP contribution in [0.1, 0.15) is 32.6 Å². The first-order valence-corrected chi connectivity index (χ1v) is 7.78. The van der Waals surface area contributed by atoms with E-state index in [9.17, 15) is 0 Å². The number of hydrogen-bond acceptors (Lipinski definition) is 4. The fourth-order valence-electron chi connectivity index (χ4n) is 1.97. The molecular formula is C14H25ClO4. The van der Waals surface area contributed by atoms with Gasteiger partial charge in [0.25, 0.3) is 0 Å². The van der Waals surface area contributed by atoms with E-state index in [1.54, 1.807) is 0 Å². The summed E-state index contributed by atoms with van der Waals surface area (Å²) < 4.78 is 21.7. The summed E-state index contributed by atoms with van der Waals surface area (Å²) in [6, 6.07) is 0. The Morgan fingerprint density at radius 3 is 2.37 bits per heavy atom. The highest BCUT2D eigenvalue weighted by Gasteiger charge is 2.23. The van der Waals surface area contributed by atoms with Crippen molar-refractivity contribution in [2.45, 2.75) is 56.3 Å². The summed E-state index contributed by atoms with van der Waals surface area (Å²) in [5, 5.41) is 0.0299. The molecular weight excluding hydrogens is 268 g/mol. The largest absolute Gasteiger partial charge is 0.380 e. The molecule has 2 saturated heterocycles. The zero-order valence-electron chi connectivity index (χ0n) is 11.7. The van der Waals surface area contributed by atoms with Crippen molar-refractivity contribution in [1.29, 1.82) is 0 Å². The van der Waals surface area contributed by atoms with Gasteiger partial charge in [-0.2, -0.15) is 0 Å². The van der Waals surface area contributed by atoms with E-state index in [4.69, 9.17) is 30.5 Å². The van der Waals surface area contributed by atoms with Crippen molar-refractivity contribution >= 4 is 11.6 Å². The molecule has 5 heteroatoms. The van der Waals surface area contributed by atoms with Crippen LogP contribution in [0.5, 0.6) is 0 Å². The van der Waals surface area contributed by atoms with Gasteiger partial charge < -0.3 is 18.9 Å². The Bertz CT molecular complexity index is 244. The summed E-state index contributed by atoms with van der Waals surface area (Å²) in [5.41, 5.74) is 0. The summed E-state index contributed by atoms with van der Waals surface area (Å²) in [4.78, 5) is 0. The molecule has 0 saturated carbocycles. The zero-order valence-corrected chi connectivity index (χ0v) is 12.4. The number of hydrogen-bond donors (Lipinski definition) is 0. The third-order valence-electron chi connectivity index (χ3n) is 3.45. The van der Waals surface area contributed by atoms with Gasteiger partial charge in [-0.25, -0.2) is 0 Å². The Hall–Kier alpha value is 0.130. The second-order valence-corrected chi connectivity index (χ2v) is 5.91. The molecule has 2 aliphatic rings. The van der Waals surface area contributed by atoms with Crippen LogP contribution in [0, 0.1) is 0 Å². The minimum absolute atomic E-state index is 0.0299. The van der Waals surface area contributed by atoms with E-state index in [1.165, 1.54) is 0 Å². The highest BCUT2D eigenvalue weighted by Crippen LogP contribution is 2.17. The van der Waals surface area contributed by atoms with Gasteiger partial charge in [-0.3, -0.25) is 0 Å². The van der Waals surface area contributed by atoms with Gasteiger partial charge in [0.15, 0.2) is 0 Å². The zero-order chi connectivity index (χ0) is 13.5. The average Bonchev–Trinajstić information content (AvgIpc) is 3.26. The van der Waals surface area contributed by atoms with Gasteiger partial charge in [0.2, 0.25) is 0 Å². The molecule has 0 aromatic carbocycles. The van der Waals surface area contributed by atoms with E-state index in [0.29, 0.717) is 18.8 Å². The van der Waals surface area contributed by atoms with Crippen LogP contribution in [-0.2, 0) is 18.9 Å². The van der Waals surface area contributed by atoms with Crippen molar-refractivity contribution in [3.05, 3.63) is 0 Å². The van der Waals surface area contributed by atoms with Crippen molar-refractivity contribution < 1.29 is 18.9 Å². The number of rotatable bonds is 12. The molecule has 4 unspecified atom stereocenters. The predicted octanol–water partition coefficient (Wildman–Crippen LogP) is 2.37. The van der Waals surface area contributed by atoms with Crippen LogP contribution in [-0.4, -0.2) is 56.7 Å². The van der Waals surface area contributed by atoms with Gasteiger partial charge in [-0.15, -0.1) is 11.6 Å². The molecule has 0 aromatic rings. The highest BCUT2D eigenvalue weighted by atomic mass is 35.5. The summed E-state index contributed by atoms with van der Waals surface area (Å²) in [5.74, 6) is 0. The van der Waals surface area contributed by atoms with E-state index in [1.807, 2.05) is 0 Å². The lowest BCUT2D eigenvalue weighted by Gasteiger charge is -2.19. The molecule has 0 amide bonds. The van der Waals surface area contributed by atoms with Crippen LogP contribution in [0.3, 0.4) is 0 Å². The Balaban J connectivity index is 1.46. The SMILES string of the molecule is CCC(CC(Cl)COCCC1CO1)OCCC1CO1. The van der Waals surface area contributed by atoms with Gasteiger partial charge in [-0.1, -0.05) is 6.92 Å². The second-order valence-electron chi connectivity index (χ2n) is 5.30. The molecule has 4 atom stereocenters. The molecule has 0 aromatic heterocycles. The summed E-state index contributed by atoms with van der Waals surface area (Å²) >= 11 is 6.28. The number of halogens is 1. The van der Waals surface area contributed by atoms with Crippen LogP contribution in [0.4, 0.5) is 0 Å². The molecule has 2 aliphatic heterocycles. The molecule has 4 nitrogen and oxygen atoms in total. The van der Waals surface area contributed by atoms with Crippen LogP contribution >= 0.6 is 11.6 Å². The van der Waals surface area contributed by atoms with Gasteiger partial charge in [0, 0.05) is 13.2 Å². The maximum absolute atomic E-state index is 6.28. The Labute approximate surface area is 120 Å². The molecule has 2 fully saturated rings. The molecule has 2 rings (SSSR count). The van der Waals surface area contributed by atoms with Crippen LogP contribution in [0.25, 0.3) is 0 Å². The second kappa shape index (κ2) is 8.42. The Kier molecular flexibility index (Phi) is 6.88. The quantitative estimate of drug-likeness (QED) is 0.315. The standard InChI is InChI=1S/C14H25ClO4/c1-2-12(17-6-4-14-10-19-14)7-11(15)8-16-5-3-13-9-18-13/h11-14H,2-10H2,1H3. The monoisotopic (exact) mass is 292 g/mol. The van der Waals surface area contributed by atoms with Gasteiger partial charge in [-0.05, 0) is 25.7 Å². The van der Waals surface area contributed by atoms with E-state index < -0.39 is 0 Å². The first-order valence-electron chi connectivity index (χ1n) is 7.34. The minimum atomic E-state index is 0.0299. The van der Waals surface area contributed by atoms with Crippen LogP contribution in [0.15, 0.2) is 0 Å². The summed E-state index contributed by atoms with van der Waals surface area (Å²) in [7, 11) is 0. The molecule has 0 radical (unpaired) electrons. The lowest BCUT2D eigenvalue weighted by Crippen LogP contribution is -2.21. The minimum Gasteiger partial charge on any atom is -0.380 e. The normalized spacial score (nSPS) is 28.1. The third kappa shape index (κ3) is 7.47. The van der Waals surface area contributed by atoms with Crippen molar-refractivity contribution in [2.24, 2.45) is 0 Å². The van der Waals surface area contributed by atoms with E-state index in [2.05, 4.69) is 6.92 Å². The predicted molar refractivity (Wildman–Crippen MR) is 73.8 cm³/mol. The van der Waals surface area contributed by atoms with Crippen molar-refractivity contribution in [1.82, 2.24) is 0 Å². The Morgan fingerprint density at radius 1 is 1.16 bits per heavy atom. The first kappa shape index (κ1) is 15.5. The summed E-state index contributed by atoms with van der Waals surface area (Å²) in [6.45, 7) is 6.03. The van der Waals surface area contributed by atoms with Gasteiger partial charge in [0.05, 0.1) is 43.5 Å². The number of ether oxygens (including phenoxy) is 4. The van der Waals surface area contributed by atoms with E-state index >= 15 is 0 Å². The number of alkyl halides is 1.